The lowest BCUT2D eigenvalue weighted by Gasteiger charge is -2.27. The van der Waals surface area contributed by atoms with E-state index >= 15 is 0 Å². The smallest absolute Gasteiger partial charge is 0.0234 e. The molecule has 0 saturated carbocycles. The molecular weight excluding hydrogens is 264 g/mol. The van der Waals surface area contributed by atoms with Gasteiger partial charge >= 0.3 is 0 Å². The van der Waals surface area contributed by atoms with E-state index in [4.69, 9.17) is 0 Å². The maximum absolute atomic E-state index is 4.17. The fraction of sp³-hybridized carbons (Fsp3) is 0.385. The van der Waals surface area contributed by atoms with Gasteiger partial charge in [-0.1, -0.05) is 34.6 Å². The van der Waals surface area contributed by atoms with Crippen molar-refractivity contribution in [3.63, 3.8) is 0 Å². The van der Waals surface area contributed by atoms with Crippen LogP contribution in [-0.4, -0.2) is 37.6 Å². The van der Waals surface area contributed by atoms with E-state index in [-0.39, 0.29) is 0 Å². The minimum absolute atomic E-state index is 0.976. The van der Waals surface area contributed by atoms with E-state index in [1.54, 1.807) is 0 Å². The quantitative estimate of drug-likeness (QED) is 0.915. The number of rotatable bonds is 3. The van der Waals surface area contributed by atoms with Crippen molar-refractivity contribution >= 4 is 21.5 Å². The summed E-state index contributed by atoms with van der Waals surface area (Å²) in [5.41, 5.74) is 2.44. The Hall–Kier alpha value is -0.640. The van der Waals surface area contributed by atoms with E-state index in [0.717, 1.165) is 37.2 Å². The molecule has 0 amide bonds. The topological polar surface area (TPSA) is 15.3 Å². The van der Waals surface area contributed by atoms with Gasteiger partial charge in [0.15, 0.2) is 0 Å². The van der Waals surface area contributed by atoms with Crippen molar-refractivity contribution < 1.29 is 0 Å². The third-order valence-corrected chi connectivity index (χ3v) is 3.41. The Kier molecular flexibility index (Phi) is 4.16. The van der Waals surface area contributed by atoms with Crippen LogP contribution in [0.5, 0.6) is 0 Å². The van der Waals surface area contributed by atoms with Crippen LogP contribution in [0.1, 0.15) is 5.56 Å². The zero-order chi connectivity index (χ0) is 11.4. The highest BCUT2D eigenvalue weighted by molar-refractivity contribution is 9.10. The van der Waals surface area contributed by atoms with Crippen molar-refractivity contribution in [2.45, 2.75) is 0 Å². The molecule has 1 aromatic rings. The van der Waals surface area contributed by atoms with Gasteiger partial charge in [-0.15, -0.1) is 0 Å². The van der Waals surface area contributed by atoms with Crippen molar-refractivity contribution in [3.8, 4) is 0 Å². The van der Waals surface area contributed by atoms with Crippen molar-refractivity contribution in [3.05, 3.63) is 40.9 Å². The average molecular weight is 281 g/mol. The molecule has 1 aliphatic heterocycles. The predicted molar refractivity (Wildman–Crippen MR) is 72.5 cm³/mol. The van der Waals surface area contributed by atoms with E-state index in [1.807, 2.05) is 0 Å². The highest BCUT2D eigenvalue weighted by Gasteiger charge is 2.10. The first kappa shape index (κ1) is 11.8. The zero-order valence-corrected chi connectivity index (χ0v) is 11.0. The Morgan fingerprint density at radius 3 is 2.50 bits per heavy atom. The van der Waals surface area contributed by atoms with Crippen LogP contribution >= 0.6 is 15.9 Å². The molecular formula is C13H17BrN2. The molecule has 1 aromatic carbocycles. The number of piperazine rings is 1. The fourth-order valence-electron chi connectivity index (χ4n) is 1.92. The first-order valence-corrected chi connectivity index (χ1v) is 6.42. The van der Waals surface area contributed by atoms with Gasteiger partial charge in [0.05, 0.1) is 0 Å². The van der Waals surface area contributed by atoms with Gasteiger partial charge in [-0.3, -0.25) is 4.90 Å². The molecule has 0 aliphatic carbocycles. The van der Waals surface area contributed by atoms with Crippen LogP contribution < -0.4 is 5.32 Å². The summed E-state index contributed by atoms with van der Waals surface area (Å²) in [7, 11) is 0. The second-order valence-electron chi connectivity index (χ2n) is 4.14. The Morgan fingerprint density at radius 1 is 1.25 bits per heavy atom. The molecule has 0 spiro atoms. The van der Waals surface area contributed by atoms with Gasteiger partial charge in [0, 0.05) is 37.2 Å². The van der Waals surface area contributed by atoms with Gasteiger partial charge in [-0.05, 0) is 23.3 Å². The van der Waals surface area contributed by atoms with Crippen molar-refractivity contribution in [1.29, 1.82) is 0 Å². The molecule has 1 saturated heterocycles. The SMILES string of the molecule is C=C(CN1CCNCC1)c1ccc(Br)cc1. The molecule has 1 fully saturated rings. The van der Waals surface area contributed by atoms with Crippen LogP contribution in [0.3, 0.4) is 0 Å². The third-order valence-electron chi connectivity index (χ3n) is 2.88. The molecule has 0 radical (unpaired) electrons. The van der Waals surface area contributed by atoms with Crippen LogP contribution in [0.25, 0.3) is 5.57 Å². The summed E-state index contributed by atoms with van der Waals surface area (Å²) in [5, 5.41) is 3.36. The van der Waals surface area contributed by atoms with Crippen molar-refractivity contribution in [1.82, 2.24) is 10.2 Å². The number of nitrogens with one attached hydrogen (secondary N) is 1. The molecule has 0 atom stereocenters. The van der Waals surface area contributed by atoms with E-state index in [0.29, 0.717) is 0 Å². The number of benzene rings is 1. The van der Waals surface area contributed by atoms with Gasteiger partial charge in [0.2, 0.25) is 0 Å². The van der Waals surface area contributed by atoms with Gasteiger partial charge in [-0.25, -0.2) is 0 Å². The molecule has 0 bridgehead atoms. The van der Waals surface area contributed by atoms with Gasteiger partial charge in [0.25, 0.3) is 0 Å². The first-order valence-electron chi connectivity index (χ1n) is 5.62. The van der Waals surface area contributed by atoms with E-state index in [2.05, 4.69) is 57.0 Å². The first-order chi connectivity index (χ1) is 7.75. The lowest BCUT2D eigenvalue weighted by molar-refractivity contribution is 0.268. The van der Waals surface area contributed by atoms with Gasteiger partial charge in [0.1, 0.15) is 0 Å². The minimum atomic E-state index is 0.976. The summed E-state index contributed by atoms with van der Waals surface area (Å²) in [6, 6.07) is 8.37. The number of halogens is 1. The number of hydrogen-bond acceptors (Lipinski definition) is 2. The summed E-state index contributed by atoms with van der Waals surface area (Å²) in [5.74, 6) is 0. The Balaban J connectivity index is 1.94. The van der Waals surface area contributed by atoms with E-state index in [9.17, 15) is 0 Å². The summed E-state index contributed by atoms with van der Waals surface area (Å²) < 4.78 is 1.12. The van der Waals surface area contributed by atoms with Crippen LogP contribution in [0.2, 0.25) is 0 Å². The standard InChI is InChI=1S/C13H17BrN2/c1-11(10-16-8-6-15-7-9-16)12-2-4-13(14)5-3-12/h2-5,15H,1,6-10H2. The molecule has 1 aliphatic rings. The van der Waals surface area contributed by atoms with E-state index < -0.39 is 0 Å². The lowest BCUT2D eigenvalue weighted by atomic mass is 10.1. The van der Waals surface area contributed by atoms with Crippen LogP contribution in [0.15, 0.2) is 35.3 Å². The van der Waals surface area contributed by atoms with Crippen molar-refractivity contribution in [2.75, 3.05) is 32.7 Å². The molecule has 2 nitrogen and oxygen atoms in total. The summed E-state index contributed by atoms with van der Waals surface area (Å²) in [6.07, 6.45) is 0. The second-order valence-corrected chi connectivity index (χ2v) is 5.05. The van der Waals surface area contributed by atoms with Gasteiger partial charge in [-0.2, -0.15) is 0 Å². The molecule has 1 heterocycles. The van der Waals surface area contributed by atoms with Crippen LogP contribution in [0.4, 0.5) is 0 Å². The largest absolute Gasteiger partial charge is 0.314 e. The average Bonchev–Trinajstić information content (AvgIpc) is 2.31. The maximum Gasteiger partial charge on any atom is 0.0234 e. The molecule has 3 heteroatoms. The Morgan fingerprint density at radius 2 is 1.88 bits per heavy atom. The highest BCUT2D eigenvalue weighted by Crippen LogP contribution is 2.17. The minimum Gasteiger partial charge on any atom is -0.314 e. The second kappa shape index (κ2) is 5.62. The Bertz CT molecular complexity index is 353. The van der Waals surface area contributed by atoms with Crippen LogP contribution in [0, 0.1) is 0 Å². The zero-order valence-electron chi connectivity index (χ0n) is 9.38. The number of nitrogens with zero attached hydrogens (tertiary/aromatic N) is 1. The molecule has 1 N–H and O–H groups in total. The molecule has 16 heavy (non-hydrogen) atoms. The lowest BCUT2D eigenvalue weighted by Crippen LogP contribution is -2.43. The number of hydrogen-bond donors (Lipinski definition) is 1. The van der Waals surface area contributed by atoms with Crippen molar-refractivity contribution in [2.24, 2.45) is 0 Å². The highest BCUT2D eigenvalue weighted by atomic mass is 79.9. The summed E-state index contributed by atoms with van der Waals surface area (Å²) >= 11 is 3.44. The monoisotopic (exact) mass is 280 g/mol. The molecule has 0 aromatic heterocycles. The molecule has 2 rings (SSSR count). The Labute approximate surface area is 105 Å². The summed E-state index contributed by atoms with van der Waals surface area (Å²) in [6.45, 7) is 9.57. The third kappa shape index (κ3) is 3.17. The predicted octanol–water partition coefficient (Wildman–Crippen LogP) is 2.37. The molecule has 0 unspecified atom stereocenters. The fourth-order valence-corrected chi connectivity index (χ4v) is 2.18. The summed E-state index contributed by atoms with van der Waals surface area (Å²) in [4.78, 5) is 2.45. The normalized spacial score (nSPS) is 17.3. The van der Waals surface area contributed by atoms with Crippen LogP contribution in [-0.2, 0) is 0 Å². The van der Waals surface area contributed by atoms with E-state index in [1.165, 1.54) is 11.1 Å². The maximum atomic E-state index is 4.17. The molecule has 86 valence electrons. The van der Waals surface area contributed by atoms with Gasteiger partial charge < -0.3 is 5.32 Å².